The fourth-order valence-corrected chi connectivity index (χ4v) is 1.73. The third-order valence-corrected chi connectivity index (χ3v) is 2.66. The Morgan fingerprint density at radius 3 is 2.36 bits per heavy atom. The molecule has 0 aliphatic carbocycles. The Balaban J connectivity index is 2.36. The maximum Gasteiger partial charge on any atom is 0.325 e. The highest BCUT2D eigenvalue weighted by atomic mass is 16.5. The van der Waals surface area contributed by atoms with Crippen LogP contribution in [-0.2, 0) is 14.3 Å². The standard InChI is InChI=1S/C16H22N2O4/c1-11-7-5-6-8-12(11)15(21)17-9-14(20)22-10-13(19)18-16(2,3)4/h5-8H,9-10H2,1-4H3,(H,17,21)(H,18,19). The van der Waals surface area contributed by atoms with Crippen molar-refractivity contribution in [2.75, 3.05) is 13.2 Å². The summed E-state index contributed by atoms with van der Waals surface area (Å²) in [5, 5.41) is 5.14. The van der Waals surface area contributed by atoms with E-state index in [1.165, 1.54) is 0 Å². The molecule has 0 radical (unpaired) electrons. The number of ether oxygens (including phenoxy) is 1. The lowest BCUT2D eigenvalue weighted by Crippen LogP contribution is -2.43. The van der Waals surface area contributed by atoms with Crippen molar-refractivity contribution < 1.29 is 19.1 Å². The zero-order valence-corrected chi connectivity index (χ0v) is 13.4. The van der Waals surface area contributed by atoms with Crippen LogP contribution >= 0.6 is 0 Å². The molecule has 0 atom stereocenters. The molecule has 1 aromatic carbocycles. The largest absolute Gasteiger partial charge is 0.454 e. The molecule has 1 aromatic rings. The second-order valence-electron chi connectivity index (χ2n) is 5.96. The summed E-state index contributed by atoms with van der Waals surface area (Å²) < 4.78 is 4.80. The topological polar surface area (TPSA) is 84.5 Å². The molecule has 0 aliphatic rings. The molecular formula is C16H22N2O4. The lowest BCUT2D eigenvalue weighted by molar-refractivity contribution is -0.147. The van der Waals surface area contributed by atoms with Gasteiger partial charge in [0.15, 0.2) is 6.61 Å². The summed E-state index contributed by atoms with van der Waals surface area (Å²) in [7, 11) is 0. The number of nitrogens with one attached hydrogen (secondary N) is 2. The number of hydrogen-bond acceptors (Lipinski definition) is 4. The summed E-state index contributed by atoms with van der Waals surface area (Å²) >= 11 is 0. The number of carbonyl (C=O) groups is 3. The lowest BCUT2D eigenvalue weighted by atomic mass is 10.1. The molecule has 2 amide bonds. The average molecular weight is 306 g/mol. The number of benzene rings is 1. The van der Waals surface area contributed by atoms with Crippen LogP contribution in [0.5, 0.6) is 0 Å². The zero-order valence-electron chi connectivity index (χ0n) is 13.4. The van der Waals surface area contributed by atoms with Crippen LogP contribution in [0.2, 0.25) is 0 Å². The summed E-state index contributed by atoms with van der Waals surface area (Å²) in [5.41, 5.74) is 0.932. The van der Waals surface area contributed by atoms with Crippen molar-refractivity contribution in [2.24, 2.45) is 0 Å². The number of rotatable bonds is 5. The highest BCUT2D eigenvalue weighted by Gasteiger charge is 2.16. The molecule has 0 unspecified atom stereocenters. The summed E-state index contributed by atoms with van der Waals surface area (Å²) in [6.45, 7) is 6.65. The third kappa shape index (κ3) is 6.39. The van der Waals surface area contributed by atoms with Gasteiger partial charge in [-0.25, -0.2) is 0 Å². The van der Waals surface area contributed by atoms with Gasteiger partial charge in [0.1, 0.15) is 6.54 Å². The maximum absolute atomic E-state index is 11.9. The first-order valence-corrected chi connectivity index (χ1v) is 6.99. The first-order valence-electron chi connectivity index (χ1n) is 6.99. The van der Waals surface area contributed by atoms with Gasteiger partial charge in [-0.2, -0.15) is 0 Å². The Hall–Kier alpha value is -2.37. The van der Waals surface area contributed by atoms with Crippen LogP contribution in [0.25, 0.3) is 0 Å². The van der Waals surface area contributed by atoms with Gasteiger partial charge in [0, 0.05) is 11.1 Å². The van der Waals surface area contributed by atoms with E-state index in [1.54, 1.807) is 12.1 Å². The lowest BCUT2D eigenvalue weighted by Gasteiger charge is -2.20. The number of carbonyl (C=O) groups excluding carboxylic acids is 3. The van der Waals surface area contributed by atoms with Gasteiger partial charge in [-0.3, -0.25) is 14.4 Å². The van der Waals surface area contributed by atoms with Gasteiger partial charge < -0.3 is 15.4 Å². The van der Waals surface area contributed by atoms with E-state index in [-0.39, 0.29) is 30.5 Å². The summed E-state index contributed by atoms with van der Waals surface area (Å²) in [6.07, 6.45) is 0. The van der Waals surface area contributed by atoms with E-state index in [2.05, 4.69) is 10.6 Å². The predicted octanol–water partition coefficient (Wildman–Crippen LogP) is 1.18. The SMILES string of the molecule is Cc1ccccc1C(=O)NCC(=O)OCC(=O)NC(C)(C)C. The number of amides is 2. The van der Waals surface area contributed by atoms with Gasteiger partial charge in [-0.05, 0) is 39.3 Å². The van der Waals surface area contributed by atoms with E-state index < -0.39 is 5.97 Å². The quantitative estimate of drug-likeness (QED) is 0.800. The monoisotopic (exact) mass is 306 g/mol. The van der Waals surface area contributed by atoms with Crippen molar-refractivity contribution in [1.29, 1.82) is 0 Å². The van der Waals surface area contributed by atoms with Gasteiger partial charge in [-0.1, -0.05) is 18.2 Å². The van der Waals surface area contributed by atoms with E-state index in [9.17, 15) is 14.4 Å². The second kappa shape index (κ2) is 7.59. The highest BCUT2D eigenvalue weighted by molar-refractivity contribution is 5.97. The molecule has 0 spiro atoms. The van der Waals surface area contributed by atoms with Crippen LogP contribution in [0.3, 0.4) is 0 Å². The Kier molecular flexibility index (Phi) is 6.10. The van der Waals surface area contributed by atoms with Gasteiger partial charge >= 0.3 is 5.97 Å². The first kappa shape index (κ1) is 17.7. The van der Waals surface area contributed by atoms with Crippen molar-refractivity contribution in [1.82, 2.24) is 10.6 Å². The summed E-state index contributed by atoms with van der Waals surface area (Å²) in [5.74, 6) is -1.40. The highest BCUT2D eigenvalue weighted by Crippen LogP contribution is 2.06. The van der Waals surface area contributed by atoms with Crippen LogP contribution in [-0.4, -0.2) is 36.5 Å². The minimum absolute atomic E-state index is 0.282. The molecule has 0 bridgehead atoms. The molecule has 0 heterocycles. The van der Waals surface area contributed by atoms with E-state index in [0.29, 0.717) is 5.56 Å². The van der Waals surface area contributed by atoms with Crippen LogP contribution in [0, 0.1) is 6.92 Å². The third-order valence-electron chi connectivity index (χ3n) is 2.66. The molecule has 120 valence electrons. The molecule has 2 N–H and O–H groups in total. The molecule has 1 rings (SSSR count). The molecule has 0 fully saturated rings. The first-order chi connectivity index (χ1) is 10.2. The van der Waals surface area contributed by atoms with E-state index in [1.807, 2.05) is 39.8 Å². The van der Waals surface area contributed by atoms with Crippen LogP contribution < -0.4 is 10.6 Å². The minimum atomic E-state index is -0.661. The number of hydrogen-bond donors (Lipinski definition) is 2. The summed E-state index contributed by atoms with van der Waals surface area (Å²) in [4.78, 5) is 34.9. The predicted molar refractivity (Wildman–Crippen MR) is 82.4 cm³/mol. The molecule has 6 heteroatoms. The van der Waals surface area contributed by atoms with Crippen molar-refractivity contribution in [2.45, 2.75) is 33.2 Å². The molecule has 0 aliphatic heterocycles. The average Bonchev–Trinajstić information content (AvgIpc) is 2.41. The maximum atomic E-state index is 11.9. The molecular weight excluding hydrogens is 284 g/mol. The van der Waals surface area contributed by atoms with Gasteiger partial charge in [-0.15, -0.1) is 0 Å². The van der Waals surface area contributed by atoms with Gasteiger partial charge in [0.2, 0.25) is 0 Å². The van der Waals surface area contributed by atoms with Crippen molar-refractivity contribution in [3.8, 4) is 0 Å². The molecule has 6 nitrogen and oxygen atoms in total. The molecule has 22 heavy (non-hydrogen) atoms. The summed E-state index contributed by atoms with van der Waals surface area (Å²) in [6, 6.07) is 7.06. The zero-order chi connectivity index (χ0) is 16.8. The fourth-order valence-electron chi connectivity index (χ4n) is 1.73. The molecule has 0 saturated carbocycles. The van der Waals surface area contributed by atoms with Crippen molar-refractivity contribution in [3.63, 3.8) is 0 Å². The van der Waals surface area contributed by atoms with Crippen molar-refractivity contribution >= 4 is 17.8 Å². The number of aryl methyl sites for hydroxylation is 1. The molecule has 0 aromatic heterocycles. The smallest absolute Gasteiger partial charge is 0.325 e. The van der Waals surface area contributed by atoms with E-state index in [4.69, 9.17) is 4.74 Å². The fraction of sp³-hybridized carbons (Fsp3) is 0.438. The Bertz CT molecular complexity index is 562. The van der Waals surface area contributed by atoms with E-state index in [0.717, 1.165) is 5.56 Å². The van der Waals surface area contributed by atoms with Crippen LogP contribution in [0.15, 0.2) is 24.3 Å². The minimum Gasteiger partial charge on any atom is -0.454 e. The second-order valence-corrected chi connectivity index (χ2v) is 5.96. The van der Waals surface area contributed by atoms with E-state index >= 15 is 0 Å². The van der Waals surface area contributed by atoms with Crippen LogP contribution in [0.1, 0.15) is 36.7 Å². The normalized spacial score (nSPS) is 10.7. The Labute approximate surface area is 130 Å². The van der Waals surface area contributed by atoms with Crippen molar-refractivity contribution in [3.05, 3.63) is 35.4 Å². The Morgan fingerprint density at radius 1 is 1.14 bits per heavy atom. The van der Waals surface area contributed by atoms with Gasteiger partial charge in [0.05, 0.1) is 0 Å². The Morgan fingerprint density at radius 2 is 1.77 bits per heavy atom. The van der Waals surface area contributed by atoms with Gasteiger partial charge in [0.25, 0.3) is 11.8 Å². The molecule has 0 saturated heterocycles. The van der Waals surface area contributed by atoms with Crippen LogP contribution in [0.4, 0.5) is 0 Å². The number of esters is 1.